The SMILES string of the molecule is CC1=C(N2CCC3(CCC(CCc4cc5c(cc4C)-c4nnnn4C5)CC3)C2=O)COC1=O. The smallest absolute Gasteiger partial charge is 0.336 e. The summed E-state index contributed by atoms with van der Waals surface area (Å²) in [5.74, 6) is 1.45. The molecule has 172 valence electrons. The fraction of sp³-hybridized carbons (Fsp3) is 0.560. The maximum Gasteiger partial charge on any atom is 0.336 e. The zero-order valence-electron chi connectivity index (χ0n) is 19.3. The van der Waals surface area contributed by atoms with E-state index in [9.17, 15) is 9.59 Å². The van der Waals surface area contributed by atoms with E-state index in [1.807, 2.05) is 9.58 Å². The highest BCUT2D eigenvalue weighted by Crippen LogP contribution is 2.48. The van der Waals surface area contributed by atoms with Crippen LogP contribution in [-0.2, 0) is 27.3 Å². The van der Waals surface area contributed by atoms with E-state index in [1.54, 1.807) is 6.92 Å². The normalized spacial score (nSPS) is 26.4. The van der Waals surface area contributed by atoms with Gasteiger partial charge >= 0.3 is 5.97 Å². The molecule has 0 unspecified atom stereocenters. The number of ether oxygens (including phenoxy) is 1. The summed E-state index contributed by atoms with van der Waals surface area (Å²) in [5, 5.41) is 12.0. The van der Waals surface area contributed by atoms with E-state index in [1.165, 1.54) is 16.7 Å². The first kappa shape index (κ1) is 20.6. The molecule has 4 aliphatic rings. The lowest BCUT2D eigenvalue weighted by molar-refractivity contribution is -0.138. The molecule has 1 amide bonds. The second-order valence-corrected chi connectivity index (χ2v) is 10.2. The van der Waals surface area contributed by atoms with Gasteiger partial charge in [-0.3, -0.25) is 4.79 Å². The Morgan fingerprint density at radius 3 is 2.73 bits per heavy atom. The number of rotatable bonds is 4. The van der Waals surface area contributed by atoms with Gasteiger partial charge in [0.05, 0.1) is 23.2 Å². The second-order valence-electron chi connectivity index (χ2n) is 10.2. The Hall–Kier alpha value is -3.03. The third-order valence-corrected chi connectivity index (χ3v) is 8.46. The van der Waals surface area contributed by atoms with Gasteiger partial charge in [0.25, 0.3) is 0 Å². The zero-order chi connectivity index (χ0) is 22.7. The van der Waals surface area contributed by atoms with Gasteiger partial charge in [0, 0.05) is 12.1 Å². The highest BCUT2D eigenvalue weighted by molar-refractivity contribution is 5.94. The van der Waals surface area contributed by atoms with Crippen LogP contribution in [0.1, 0.15) is 62.1 Å². The Morgan fingerprint density at radius 2 is 1.97 bits per heavy atom. The largest absolute Gasteiger partial charge is 0.456 e. The fourth-order valence-electron chi connectivity index (χ4n) is 6.25. The predicted molar refractivity (Wildman–Crippen MR) is 120 cm³/mol. The average Bonchev–Trinajstić information content (AvgIpc) is 3.55. The van der Waals surface area contributed by atoms with Crippen LogP contribution in [-0.4, -0.2) is 50.1 Å². The van der Waals surface area contributed by atoms with Gasteiger partial charge in [-0.25, -0.2) is 9.48 Å². The molecule has 0 radical (unpaired) electrons. The minimum Gasteiger partial charge on any atom is -0.456 e. The van der Waals surface area contributed by atoms with Crippen LogP contribution < -0.4 is 0 Å². The summed E-state index contributed by atoms with van der Waals surface area (Å²) in [4.78, 5) is 26.9. The van der Waals surface area contributed by atoms with Gasteiger partial charge in [-0.05, 0) is 97.9 Å². The number of aryl methyl sites for hydroxylation is 2. The molecule has 8 heteroatoms. The van der Waals surface area contributed by atoms with Crippen molar-refractivity contribution in [1.29, 1.82) is 0 Å². The van der Waals surface area contributed by atoms with Crippen LogP contribution in [0.3, 0.4) is 0 Å². The van der Waals surface area contributed by atoms with Gasteiger partial charge in [0.15, 0.2) is 5.82 Å². The Labute approximate surface area is 193 Å². The van der Waals surface area contributed by atoms with Crippen molar-refractivity contribution >= 4 is 11.9 Å². The van der Waals surface area contributed by atoms with Crippen LogP contribution in [0.4, 0.5) is 0 Å². The van der Waals surface area contributed by atoms with E-state index in [0.29, 0.717) is 18.0 Å². The Morgan fingerprint density at radius 1 is 1.15 bits per heavy atom. The van der Waals surface area contributed by atoms with E-state index >= 15 is 0 Å². The number of benzene rings is 1. The average molecular weight is 448 g/mol. The molecule has 2 fully saturated rings. The summed E-state index contributed by atoms with van der Waals surface area (Å²) in [6.45, 7) is 5.65. The standard InChI is InChI=1S/C25H29N5O3/c1-15-11-20-19(13-30-22(20)26-27-28-30)12-18(15)4-3-17-5-7-25(8-6-17)9-10-29(24(25)32)21-14-33-23(31)16(21)2/h11-12,17H,3-10,13-14H2,1-2H3. The van der Waals surface area contributed by atoms with Gasteiger partial charge < -0.3 is 9.64 Å². The van der Waals surface area contributed by atoms with Gasteiger partial charge in [0.1, 0.15) is 6.61 Å². The summed E-state index contributed by atoms with van der Waals surface area (Å²) >= 11 is 0. The van der Waals surface area contributed by atoms with Crippen molar-refractivity contribution in [1.82, 2.24) is 25.1 Å². The molecule has 0 bridgehead atoms. The van der Waals surface area contributed by atoms with Crippen molar-refractivity contribution in [3.8, 4) is 11.4 Å². The van der Waals surface area contributed by atoms with Gasteiger partial charge in [-0.15, -0.1) is 5.10 Å². The number of carbonyl (C=O) groups excluding carboxylic acids is 2. The number of esters is 1. The van der Waals surface area contributed by atoms with E-state index in [0.717, 1.165) is 68.6 Å². The summed E-state index contributed by atoms with van der Waals surface area (Å²) < 4.78 is 7.00. The molecule has 0 atom stereocenters. The van der Waals surface area contributed by atoms with Crippen molar-refractivity contribution in [3.63, 3.8) is 0 Å². The number of carbonyl (C=O) groups is 2. The second kappa shape index (κ2) is 7.50. The van der Waals surface area contributed by atoms with Crippen molar-refractivity contribution in [2.75, 3.05) is 13.2 Å². The van der Waals surface area contributed by atoms with Crippen molar-refractivity contribution in [2.24, 2.45) is 11.3 Å². The minimum atomic E-state index is -0.290. The van der Waals surface area contributed by atoms with Crippen LogP contribution in [0.2, 0.25) is 0 Å². The van der Waals surface area contributed by atoms with Gasteiger partial charge in [-0.2, -0.15) is 0 Å². The molecule has 0 N–H and O–H groups in total. The molecule has 1 saturated heterocycles. The molecule has 33 heavy (non-hydrogen) atoms. The third-order valence-electron chi connectivity index (χ3n) is 8.46. The third kappa shape index (κ3) is 3.21. The number of aromatic nitrogens is 4. The number of hydrogen-bond donors (Lipinski definition) is 0. The first-order valence-electron chi connectivity index (χ1n) is 12.0. The molecule has 1 saturated carbocycles. The van der Waals surface area contributed by atoms with E-state index in [4.69, 9.17) is 4.74 Å². The highest BCUT2D eigenvalue weighted by Gasteiger charge is 2.50. The Kier molecular flexibility index (Phi) is 4.67. The number of fused-ring (bicyclic) bond motifs is 3. The summed E-state index contributed by atoms with van der Waals surface area (Å²) in [6, 6.07) is 4.56. The van der Waals surface area contributed by atoms with E-state index in [2.05, 4.69) is 34.6 Å². The molecule has 2 aromatic rings. The predicted octanol–water partition coefficient (Wildman–Crippen LogP) is 3.18. The number of hydrogen-bond acceptors (Lipinski definition) is 6. The Balaban J connectivity index is 1.08. The number of tetrazole rings is 1. The molecule has 4 heterocycles. The molecular weight excluding hydrogens is 418 g/mol. The van der Waals surface area contributed by atoms with Crippen molar-refractivity contribution in [2.45, 2.75) is 65.3 Å². The molecule has 1 spiro atoms. The monoisotopic (exact) mass is 447 g/mol. The summed E-state index contributed by atoms with van der Waals surface area (Å²) in [5.41, 5.74) is 6.29. The number of amides is 1. The minimum absolute atomic E-state index is 0.212. The molecule has 8 nitrogen and oxygen atoms in total. The first-order chi connectivity index (χ1) is 15.9. The lowest BCUT2D eigenvalue weighted by atomic mass is 9.68. The molecule has 1 aliphatic carbocycles. The van der Waals surface area contributed by atoms with Crippen molar-refractivity contribution in [3.05, 3.63) is 40.1 Å². The number of likely N-dealkylation sites (tertiary alicyclic amines) is 1. The maximum atomic E-state index is 13.3. The van der Waals surface area contributed by atoms with Crippen LogP contribution in [0.25, 0.3) is 11.4 Å². The van der Waals surface area contributed by atoms with E-state index in [-0.39, 0.29) is 23.9 Å². The van der Waals surface area contributed by atoms with E-state index < -0.39 is 0 Å². The molecule has 6 rings (SSSR count). The molecule has 1 aromatic heterocycles. The topological polar surface area (TPSA) is 90.2 Å². The maximum absolute atomic E-state index is 13.3. The molecule has 1 aromatic carbocycles. The van der Waals surface area contributed by atoms with Crippen LogP contribution in [0.15, 0.2) is 23.4 Å². The lowest BCUT2D eigenvalue weighted by Gasteiger charge is -2.36. The van der Waals surface area contributed by atoms with Gasteiger partial charge in [-0.1, -0.05) is 6.07 Å². The lowest BCUT2D eigenvalue weighted by Crippen LogP contribution is -2.37. The fourth-order valence-corrected chi connectivity index (χ4v) is 6.25. The van der Waals surface area contributed by atoms with Crippen LogP contribution in [0.5, 0.6) is 0 Å². The molecular formula is C25H29N5O3. The summed E-state index contributed by atoms with van der Waals surface area (Å²) in [7, 11) is 0. The van der Waals surface area contributed by atoms with Gasteiger partial charge in [0.2, 0.25) is 5.91 Å². The van der Waals surface area contributed by atoms with Crippen molar-refractivity contribution < 1.29 is 14.3 Å². The number of nitrogens with zero attached hydrogens (tertiary/aromatic N) is 5. The van der Waals surface area contributed by atoms with Crippen LogP contribution >= 0.6 is 0 Å². The molecule has 3 aliphatic heterocycles. The first-order valence-corrected chi connectivity index (χ1v) is 12.0. The Bertz CT molecular complexity index is 1190. The quantitative estimate of drug-likeness (QED) is 0.571. The highest BCUT2D eigenvalue weighted by atomic mass is 16.5. The zero-order valence-corrected chi connectivity index (χ0v) is 19.3. The van der Waals surface area contributed by atoms with Crippen LogP contribution in [0, 0.1) is 18.3 Å². The number of cyclic esters (lactones) is 1. The summed E-state index contributed by atoms with van der Waals surface area (Å²) in [6.07, 6.45) is 7.23.